The predicted octanol–water partition coefficient (Wildman–Crippen LogP) is 8.27. The van der Waals surface area contributed by atoms with Crippen molar-refractivity contribution in [2.75, 3.05) is 13.2 Å². The molecule has 0 amide bonds. The van der Waals surface area contributed by atoms with Crippen LogP contribution in [0.3, 0.4) is 0 Å². The highest BCUT2D eigenvalue weighted by Gasteiger charge is 2.14. The summed E-state index contributed by atoms with van der Waals surface area (Å²) in [5.41, 5.74) is 11.5. The lowest BCUT2D eigenvalue weighted by molar-refractivity contribution is 0.162. The predicted molar refractivity (Wildman–Crippen MR) is 133 cm³/mol. The first kappa shape index (κ1) is 23.9. The molecular formula is C29H38O. The molecule has 4 rings (SSSR count). The maximum absolute atomic E-state index is 4.83. The number of hydrogen-bond acceptors (Lipinski definition) is 1. The largest absolute Gasteiger partial charge is 0.382 e. The van der Waals surface area contributed by atoms with Gasteiger partial charge in [-0.3, -0.25) is 0 Å². The summed E-state index contributed by atoms with van der Waals surface area (Å²) in [6.07, 6.45) is 5.75. The van der Waals surface area contributed by atoms with Gasteiger partial charge in [-0.1, -0.05) is 84.3 Å². The summed E-state index contributed by atoms with van der Waals surface area (Å²) in [6, 6.07) is 17.2. The molecule has 1 heteroatoms. The third-order valence-electron chi connectivity index (χ3n) is 5.92. The molecule has 2 aliphatic rings. The van der Waals surface area contributed by atoms with E-state index in [1.807, 2.05) is 13.8 Å². The Hall–Kier alpha value is -2.38. The average Bonchev–Trinajstić information content (AvgIpc) is 3.24. The van der Waals surface area contributed by atoms with Gasteiger partial charge in [-0.05, 0) is 81.7 Å². The Balaban J connectivity index is 0.000000194. The molecule has 0 saturated carbocycles. The van der Waals surface area contributed by atoms with Crippen LogP contribution < -0.4 is 0 Å². The molecule has 0 aliphatic heterocycles. The van der Waals surface area contributed by atoms with Gasteiger partial charge in [0.1, 0.15) is 0 Å². The van der Waals surface area contributed by atoms with Gasteiger partial charge in [0.2, 0.25) is 0 Å². The van der Waals surface area contributed by atoms with E-state index in [-0.39, 0.29) is 0 Å². The second kappa shape index (κ2) is 11.7. The lowest BCUT2D eigenvalue weighted by Gasteiger charge is -2.07. The normalized spacial score (nSPS) is 16.7. The average molecular weight is 403 g/mol. The van der Waals surface area contributed by atoms with E-state index in [9.17, 15) is 0 Å². The standard InChI is InChI=1S/C16H14.C9H14.C4H10O/c1-12-10-14-8-5-9-15(16(14)11-12)13-6-3-2-4-7-13;1-6-5-7(2)9(4)8(6)3;1-3-5-4-2/h2-9,11H,10H2,1H3;5-6H,1-4H3;3-4H2,1-2H3. The third-order valence-corrected chi connectivity index (χ3v) is 5.92. The summed E-state index contributed by atoms with van der Waals surface area (Å²) in [4.78, 5) is 0. The second-order valence-electron chi connectivity index (χ2n) is 8.14. The molecule has 160 valence electrons. The zero-order valence-corrected chi connectivity index (χ0v) is 19.9. The highest BCUT2D eigenvalue weighted by molar-refractivity contribution is 5.80. The van der Waals surface area contributed by atoms with E-state index in [4.69, 9.17) is 4.74 Å². The number of allylic oxidation sites excluding steroid dienone is 5. The van der Waals surface area contributed by atoms with E-state index in [1.165, 1.54) is 44.5 Å². The molecule has 0 N–H and O–H groups in total. The van der Waals surface area contributed by atoms with Crippen LogP contribution >= 0.6 is 0 Å². The molecule has 30 heavy (non-hydrogen) atoms. The Morgan fingerprint density at radius 1 is 0.867 bits per heavy atom. The zero-order valence-electron chi connectivity index (χ0n) is 19.9. The van der Waals surface area contributed by atoms with Crippen LogP contribution in [0.4, 0.5) is 0 Å². The Morgan fingerprint density at radius 3 is 2.00 bits per heavy atom. The summed E-state index contributed by atoms with van der Waals surface area (Å²) in [5.74, 6) is 0.685. The lowest BCUT2D eigenvalue weighted by Crippen LogP contribution is -1.86. The number of hydrogen-bond donors (Lipinski definition) is 0. The van der Waals surface area contributed by atoms with E-state index >= 15 is 0 Å². The quantitative estimate of drug-likeness (QED) is 0.502. The van der Waals surface area contributed by atoms with Gasteiger partial charge < -0.3 is 4.74 Å². The summed E-state index contributed by atoms with van der Waals surface area (Å²) >= 11 is 0. The van der Waals surface area contributed by atoms with E-state index < -0.39 is 0 Å². The van der Waals surface area contributed by atoms with E-state index in [0.29, 0.717) is 5.92 Å². The minimum atomic E-state index is 0.685. The van der Waals surface area contributed by atoms with Crippen molar-refractivity contribution in [2.45, 2.75) is 54.9 Å². The first-order valence-electron chi connectivity index (χ1n) is 11.2. The highest BCUT2D eigenvalue weighted by atomic mass is 16.5. The van der Waals surface area contributed by atoms with Gasteiger partial charge in [0.05, 0.1) is 0 Å². The van der Waals surface area contributed by atoms with Crippen LogP contribution in [0, 0.1) is 5.92 Å². The fourth-order valence-corrected chi connectivity index (χ4v) is 3.89. The van der Waals surface area contributed by atoms with Crippen molar-refractivity contribution in [1.82, 2.24) is 0 Å². The number of rotatable bonds is 3. The first-order chi connectivity index (χ1) is 14.4. The molecule has 0 spiro atoms. The maximum atomic E-state index is 4.83. The summed E-state index contributed by atoms with van der Waals surface area (Å²) in [5, 5.41) is 0. The monoisotopic (exact) mass is 402 g/mol. The smallest absolute Gasteiger partial charge is 0.0437 e. The Morgan fingerprint density at radius 2 is 1.53 bits per heavy atom. The molecule has 0 heterocycles. The molecule has 2 aliphatic carbocycles. The van der Waals surface area contributed by atoms with Crippen LogP contribution in [-0.2, 0) is 11.2 Å². The number of benzene rings is 2. The van der Waals surface area contributed by atoms with Gasteiger partial charge in [-0.15, -0.1) is 0 Å². The van der Waals surface area contributed by atoms with Crippen molar-refractivity contribution >= 4 is 6.08 Å². The minimum absolute atomic E-state index is 0.685. The van der Waals surface area contributed by atoms with Gasteiger partial charge in [0.15, 0.2) is 0 Å². The molecule has 1 nitrogen and oxygen atoms in total. The van der Waals surface area contributed by atoms with Crippen LogP contribution in [-0.4, -0.2) is 13.2 Å². The van der Waals surface area contributed by atoms with Gasteiger partial charge in [-0.2, -0.15) is 0 Å². The van der Waals surface area contributed by atoms with Crippen molar-refractivity contribution in [3.05, 3.63) is 88.0 Å². The Labute approximate surface area is 184 Å². The van der Waals surface area contributed by atoms with Crippen LogP contribution in [0.15, 0.2) is 76.9 Å². The third kappa shape index (κ3) is 6.31. The van der Waals surface area contributed by atoms with Crippen LogP contribution in [0.25, 0.3) is 17.2 Å². The van der Waals surface area contributed by atoms with E-state index in [1.54, 1.807) is 0 Å². The molecule has 2 aromatic carbocycles. The summed E-state index contributed by atoms with van der Waals surface area (Å²) in [7, 11) is 0. The maximum Gasteiger partial charge on any atom is 0.0437 e. The van der Waals surface area contributed by atoms with E-state index in [2.05, 4.69) is 95.3 Å². The second-order valence-corrected chi connectivity index (χ2v) is 8.14. The SMILES string of the molecule is CC1=CC(C)C(C)=C1C.CC1=Cc2c(cccc2-c2ccccc2)C1.CCOCC. The molecular weight excluding hydrogens is 364 g/mol. The summed E-state index contributed by atoms with van der Waals surface area (Å²) in [6.45, 7) is 16.7. The fourth-order valence-electron chi connectivity index (χ4n) is 3.89. The molecule has 0 bridgehead atoms. The van der Waals surface area contributed by atoms with Gasteiger partial charge in [0.25, 0.3) is 0 Å². The first-order valence-corrected chi connectivity index (χ1v) is 11.2. The van der Waals surface area contributed by atoms with Gasteiger partial charge in [0, 0.05) is 13.2 Å². The van der Waals surface area contributed by atoms with Crippen molar-refractivity contribution in [1.29, 1.82) is 0 Å². The zero-order chi connectivity index (χ0) is 22.1. The van der Waals surface area contributed by atoms with Crippen LogP contribution in [0.1, 0.15) is 59.6 Å². The van der Waals surface area contributed by atoms with Crippen molar-refractivity contribution in [3.63, 3.8) is 0 Å². The lowest BCUT2D eigenvalue weighted by atomic mass is 9.97. The van der Waals surface area contributed by atoms with Gasteiger partial charge in [-0.25, -0.2) is 0 Å². The van der Waals surface area contributed by atoms with E-state index in [0.717, 1.165) is 19.6 Å². The molecule has 0 radical (unpaired) electrons. The van der Waals surface area contributed by atoms with Crippen LogP contribution in [0.2, 0.25) is 0 Å². The van der Waals surface area contributed by atoms with Crippen LogP contribution in [0.5, 0.6) is 0 Å². The molecule has 0 fully saturated rings. The molecule has 0 aromatic heterocycles. The molecule has 0 saturated heterocycles. The topological polar surface area (TPSA) is 9.23 Å². The molecule has 2 aromatic rings. The highest BCUT2D eigenvalue weighted by Crippen LogP contribution is 2.33. The fraction of sp³-hybridized carbons (Fsp3) is 0.379. The van der Waals surface area contributed by atoms with Crippen molar-refractivity contribution < 1.29 is 4.74 Å². The van der Waals surface area contributed by atoms with Gasteiger partial charge >= 0.3 is 0 Å². The van der Waals surface area contributed by atoms with Crippen molar-refractivity contribution in [3.8, 4) is 11.1 Å². The van der Waals surface area contributed by atoms with Crippen molar-refractivity contribution in [2.24, 2.45) is 5.92 Å². The Kier molecular flexibility index (Phi) is 9.33. The molecule has 1 atom stereocenters. The Bertz CT molecular complexity index is 911. The minimum Gasteiger partial charge on any atom is -0.382 e. The molecule has 1 unspecified atom stereocenters. The number of fused-ring (bicyclic) bond motifs is 1. The summed E-state index contributed by atoms with van der Waals surface area (Å²) < 4.78 is 4.83. The number of ether oxygens (including phenoxy) is 1.